The summed E-state index contributed by atoms with van der Waals surface area (Å²) in [4.78, 5) is 9.00. The average molecular weight is 240 g/mol. The lowest BCUT2D eigenvalue weighted by Crippen LogP contribution is -2.43. The highest BCUT2D eigenvalue weighted by Crippen LogP contribution is 2.14. The lowest BCUT2D eigenvalue weighted by Gasteiger charge is -2.31. The molecule has 0 aromatic carbocycles. The second-order valence-electron chi connectivity index (χ2n) is 5.51. The zero-order chi connectivity index (χ0) is 12.8. The molecule has 100 valence electrons. The van der Waals surface area contributed by atoms with Crippen molar-refractivity contribution < 1.29 is 0 Å². The summed E-state index contributed by atoms with van der Waals surface area (Å²) in [6.07, 6.45) is 2.56. The topological polar surface area (TPSA) is 44.9 Å². The molecule has 1 atom stereocenters. The van der Waals surface area contributed by atoms with Gasteiger partial charge in [-0.05, 0) is 39.7 Å². The fourth-order valence-corrected chi connectivity index (χ4v) is 2.08. The Morgan fingerprint density at radius 3 is 2.82 bits per heavy atom. The van der Waals surface area contributed by atoms with E-state index < -0.39 is 0 Å². The van der Waals surface area contributed by atoms with Gasteiger partial charge in [-0.1, -0.05) is 6.92 Å². The molecular weight excluding hydrogens is 212 g/mol. The molecule has 4 heteroatoms. The number of likely N-dealkylation sites (tertiary alicyclic amines) is 1. The minimum Gasteiger partial charge on any atom is -0.370 e. The van der Waals surface area contributed by atoms with Crippen LogP contribution >= 0.6 is 0 Å². The van der Waals surface area contributed by atoms with Gasteiger partial charge in [0.15, 0.2) is 5.96 Å². The molecule has 1 fully saturated rings. The van der Waals surface area contributed by atoms with Crippen molar-refractivity contribution in [2.75, 3.05) is 33.2 Å². The third-order valence-corrected chi connectivity index (χ3v) is 3.59. The Bertz CT molecular complexity index is 250. The fraction of sp³-hybridized carbons (Fsp3) is 0.923. The first-order chi connectivity index (χ1) is 8.00. The molecule has 1 unspecified atom stereocenters. The Labute approximate surface area is 106 Å². The lowest BCUT2D eigenvalue weighted by molar-refractivity contribution is 0.266. The Hall–Kier alpha value is -0.770. The summed E-state index contributed by atoms with van der Waals surface area (Å²) in [7, 11) is 2.12. The lowest BCUT2D eigenvalue weighted by atomic mass is 10.0. The number of hydrogen-bond donors (Lipinski definition) is 1. The van der Waals surface area contributed by atoms with Crippen LogP contribution in [0.15, 0.2) is 4.99 Å². The average Bonchev–Trinajstić information content (AvgIpc) is 2.28. The second kappa shape index (κ2) is 6.84. The molecule has 0 spiro atoms. The summed E-state index contributed by atoms with van der Waals surface area (Å²) in [6, 6.07) is 0.571. The SMILES string of the molecule is CC1CCCN(C(N)=NCCN(C)C(C)C)C1. The van der Waals surface area contributed by atoms with Crippen molar-refractivity contribution in [2.45, 2.75) is 39.7 Å². The Morgan fingerprint density at radius 2 is 2.24 bits per heavy atom. The van der Waals surface area contributed by atoms with E-state index in [1.807, 2.05) is 0 Å². The summed E-state index contributed by atoms with van der Waals surface area (Å²) in [5, 5.41) is 0. The van der Waals surface area contributed by atoms with E-state index in [2.05, 4.69) is 42.6 Å². The first-order valence-electron chi connectivity index (χ1n) is 6.75. The molecule has 1 aliphatic rings. The van der Waals surface area contributed by atoms with Crippen LogP contribution in [-0.4, -0.2) is 55.0 Å². The van der Waals surface area contributed by atoms with Gasteiger partial charge < -0.3 is 15.5 Å². The molecule has 4 nitrogen and oxygen atoms in total. The zero-order valence-electron chi connectivity index (χ0n) is 11.8. The first-order valence-corrected chi connectivity index (χ1v) is 6.75. The van der Waals surface area contributed by atoms with Crippen molar-refractivity contribution in [2.24, 2.45) is 16.6 Å². The quantitative estimate of drug-likeness (QED) is 0.596. The number of piperidine rings is 1. The maximum atomic E-state index is 6.03. The Kier molecular flexibility index (Phi) is 5.75. The Morgan fingerprint density at radius 1 is 1.53 bits per heavy atom. The minimum atomic E-state index is 0.571. The van der Waals surface area contributed by atoms with Gasteiger partial charge in [-0.2, -0.15) is 0 Å². The third kappa shape index (κ3) is 4.94. The largest absolute Gasteiger partial charge is 0.370 e. The number of hydrogen-bond acceptors (Lipinski definition) is 2. The molecule has 0 aliphatic carbocycles. The van der Waals surface area contributed by atoms with E-state index >= 15 is 0 Å². The van der Waals surface area contributed by atoms with E-state index in [0.29, 0.717) is 6.04 Å². The maximum Gasteiger partial charge on any atom is 0.191 e. The molecule has 0 amide bonds. The normalized spacial score (nSPS) is 22.6. The Balaban J connectivity index is 2.33. The van der Waals surface area contributed by atoms with Crippen LogP contribution in [0.5, 0.6) is 0 Å². The van der Waals surface area contributed by atoms with Gasteiger partial charge in [-0.3, -0.25) is 4.99 Å². The van der Waals surface area contributed by atoms with Crippen LogP contribution in [0.25, 0.3) is 0 Å². The third-order valence-electron chi connectivity index (χ3n) is 3.59. The van der Waals surface area contributed by atoms with Crippen LogP contribution in [0, 0.1) is 5.92 Å². The van der Waals surface area contributed by atoms with Crippen molar-refractivity contribution in [1.82, 2.24) is 9.80 Å². The molecule has 1 heterocycles. The van der Waals surface area contributed by atoms with E-state index in [-0.39, 0.29) is 0 Å². The molecule has 0 radical (unpaired) electrons. The van der Waals surface area contributed by atoms with E-state index in [9.17, 15) is 0 Å². The second-order valence-corrected chi connectivity index (χ2v) is 5.51. The molecule has 1 aliphatic heterocycles. The monoisotopic (exact) mass is 240 g/mol. The summed E-state index contributed by atoms with van der Waals surface area (Å²) >= 11 is 0. The van der Waals surface area contributed by atoms with Crippen molar-refractivity contribution in [3.63, 3.8) is 0 Å². The predicted octanol–water partition coefficient (Wildman–Crippen LogP) is 1.37. The van der Waals surface area contributed by atoms with Crippen molar-refractivity contribution in [1.29, 1.82) is 0 Å². The highest BCUT2D eigenvalue weighted by molar-refractivity contribution is 5.78. The van der Waals surface area contributed by atoms with Gasteiger partial charge in [0.1, 0.15) is 0 Å². The van der Waals surface area contributed by atoms with Gasteiger partial charge in [0.25, 0.3) is 0 Å². The smallest absolute Gasteiger partial charge is 0.191 e. The molecule has 0 saturated carbocycles. The van der Waals surface area contributed by atoms with Crippen LogP contribution in [0.4, 0.5) is 0 Å². The molecule has 0 bridgehead atoms. The molecule has 1 rings (SSSR count). The van der Waals surface area contributed by atoms with Crippen molar-refractivity contribution in [3.8, 4) is 0 Å². The zero-order valence-corrected chi connectivity index (χ0v) is 11.8. The highest BCUT2D eigenvalue weighted by Gasteiger charge is 2.17. The molecule has 1 saturated heterocycles. The summed E-state index contributed by atoms with van der Waals surface area (Å²) in [5.74, 6) is 1.48. The summed E-state index contributed by atoms with van der Waals surface area (Å²) in [5.41, 5.74) is 6.03. The van der Waals surface area contributed by atoms with E-state index in [0.717, 1.165) is 38.1 Å². The van der Waals surface area contributed by atoms with Crippen molar-refractivity contribution >= 4 is 5.96 Å². The van der Waals surface area contributed by atoms with Crippen LogP contribution in [-0.2, 0) is 0 Å². The van der Waals surface area contributed by atoms with Gasteiger partial charge in [-0.15, -0.1) is 0 Å². The van der Waals surface area contributed by atoms with Gasteiger partial charge in [0, 0.05) is 25.7 Å². The fourth-order valence-electron chi connectivity index (χ4n) is 2.08. The van der Waals surface area contributed by atoms with E-state index in [1.165, 1.54) is 12.8 Å². The molecule has 0 aromatic rings. The van der Waals surface area contributed by atoms with Gasteiger partial charge in [0.2, 0.25) is 0 Å². The van der Waals surface area contributed by atoms with Gasteiger partial charge in [0.05, 0.1) is 6.54 Å². The number of nitrogens with zero attached hydrogens (tertiary/aromatic N) is 3. The van der Waals surface area contributed by atoms with Crippen LogP contribution in [0.1, 0.15) is 33.6 Å². The molecule has 17 heavy (non-hydrogen) atoms. The summed E-state index contributed by atoms with van der Waals surface area (Å²) in [6.45, 7) is 10.6. The van der Waals surface area contributed by atoms with Gasteiger partial charge in [-0.25, -0.2) is 0 Å². The summed E-state index contributed by atoms with van der Waals surface area (Å²) < 4.78 is 0. The maximum absolute atomic E-state index is 6.03. The van der Waals surface area contributed by atoms with Crippen LogP contribution < -0.4 is 5.73 Å². The van der Waals surface area contributed by atoms with Crippen LogP contribution in [0.3, 0.4) is 0 Å². The number of nitrogens with two attached hydrogens (primary N) is 1. The van der Waals surface area contributed by atoms with Crippen LogP contribution in [0.2, 0.25) is 0 Å². The van der Waals surface area contributed by atoms with Crippen molar-refractivity contribution in [3.05, 3.63) is 0 Å². The number of aliphatic imine (C=N–C) groups is 1. The molecule has 2 N–H and O–H groups in total. The molecule has 0 aromatic heterocycles. The minimum absolute atomic E-state index is 0.571. The van der Waals surface area contributed by atoms with E-state index in [1.54, 1.807) is 0 Å². The highest BCUT2D eigenvalue weighted by atomic mass is 15.3. The molecular formula is C13H28N4. The number of likely N-dealkylation sites (N-methyl/N-ethyl adjacent to an activating group) is 1. The first kappa shape index (κ1) is 14.3. The van der Waals surface area contributed by atoms with Gasteiger partial charge >= 0.3 is 0 Å². The standard InChI is InChI=1S/C13H28N4/c1-11(2)16(4)9-7-15-13(14)17-8-5-6-12(3)10-17/h11-12H,5-10H2,1-4H3,(H2,14,15). The number of rotatable bonds is 4. The number of guanidine groups is 1. The van der Waals surface area contributed by atoms with E-state index in [4.69, 9.17) is 5.73 Å². The predicted molar refractivity (Wildman–Crippen MR) is 74.2 cm³/mol.